The number of hydrogen-bond donors (Lipinski definition) is 1. The summed E-state index contributed by atoms with van der Waals surface area (Å²) < 4.78 is 28.5. The van der Waals surface area contributed by atoms with Crippen LogP contribution in [0.2, 0.25) is 0 Å². The van der Waals surface area contributed by atoms with Gasteiger partial charge >= 0.3 is 6.61 Å². The Balaban J connectivity index is 1.79. The van der Waals surface area contributed by atoms with Crippen molar-refractivity contribution in [2.75, 3.05) is 26.7 Å². The van der Waals surface area contributed by atoms with E-state index in [4.69, 9.17) is 0 Å². The number of ether oxygens (including phenoxy) is 1. The summed E-state index contributed by atoms with van der Waals surface area (Å²) in [4.78, 5) is 2.29. The van der Waals surface area contributed by atoms with Gasteiger partial charge in [0.1, 0.15) is 5.75 Å². The van der Waals surface area contributed by atoms with E-state index in [1.165, 1.54) is 12.8 Å². The number of halogens is 2. The summed E-state index contributed by atoms with van der Waals surface area (Å²) in [5.41, 5.74) is 1.11. The highest BCUT2D eigenvalue weighted by Crippen LogP contribution is 2.17. The van der Waals surface area contributed by atoms with Crippen molar-refractivity contribution in [3.8, 4) is 5.75 Å². The van der Waals surface area contributed by atoms with Crippen LogP contribution in [-0.2, 0) is 6.54 Å². The zero-order valence-electron chi connectivity index (χ0n) is 11.8. The van der Waals surface area contributed by atoms with E-state index in [0.717, 1.165) is 37.7 Å². The Hall–Kier alpha value is -1.20. The van der Waals surface area contributed by atoms with Gasteiger partial charge < -0.3 is 15.0 Å². The van der Waals surface area contributed by atoms with Gasteiger partial charge in [-0.3, -0.25) is 0 Å². The van der Waals surface area contributed by atoms with Crippen LogP contribution in [0.15, 0.2) is 24.3 Å². The summed E-state index contributed by atoms with van der Waals surface area (Å²) in [6.45, 7) is 1.37. The van der Waals surface area contributed by atoms with Crippen LogP contribution in [0.5, 0.6) is 5.75 Å². The zero-order chi connectivity index (χ0) is 14.4. The maximum Gasteiger partial charge on any atom is 0.387 e. The average molecular weight is 284 g/mol. The van der Waals surface area contributed by atoms with Crippen molar-refractivity contribution < 1.29 is 13.5 Å². The van der Waals surface area contributed by atoms with E-state index in [1.807, 2.05) is 12.1 Å². The quantitative estimate of drug-likeness (QED) is 0.869. The molecule has 0 atom stereocenters. The summed E-state index contributed by atoms with van der Waals surface area (Å²) >= 11 is 0. The number of alkyl halides is 2. The summed E-state index contributed by atoms with van der Waals surface area (Å²) in [6, 6.07) is 6.88. The molecule has 0 bridgehead atoms. The van der Waals surface area contributed by atoms with Crippen LogP contribution >= 0.6 is 0 Å². The minimum atomic E-state index is -2.76. The number of nitrogens with zero attached hydrogens (tertiary/aromatic N) is 1. The molecule has 5 heteroatoms. The molecule has 112 valence electrons. The van der Waals surface area contributed by atoms with Crippen LogP contribution in [0, 0.1) is 5.92 Å². The van der Waals surface area contributed by atoms with Gasteiger partial charge in [-0.2, -0.15) is 8.78 Å². The molecular formula is C15H22F2N2O. The third-order valence-electron chi connectivity index (χ3n) is 3.63. The van der Waals surface area contributed by atoms with Crippen molar-refractivity contribution in [3.05, 3.63) is 29.8 Å². The maximum atomic E-state index is 12.1. The van der Waals surface area contributed by atoms with E-state index in [-0.39, 0.29) is 5.75 Å². The van der Waals surface area contributed by atoms with Gasteiger partial charge in [0.25, 0.3) is 0 Å². The number of nitrogens with one attached hydrogen (secondary N) is 1. The molecule has 0 radical (unpaired) electrons. The van der Waals surface area contributed by atoms with Gasteiger partial charge in [-0.15, -0.1) is 0 Å². The average Bonchev–Trinajstić information content (AvgIpc) is 2.41. The minimum absolute atomic E-state index is 0.213. The first kappa shape index (κ1) is 15.2. The van der Waals surface area contributed by atoms with Crippen molar-refractivity contribution in [2.24, 2.45) is 5.92 Å². The topological polar surface area (TPSA) is 24.5 Å². The van der Waals surface area contributed by atoms with Gasteiger partial charge in [0.15, 0.2) is 0 Å². The number of hydrogen-bond acceptors (Lipinski definition) is 3. The van der Waals surface area contributed by atoms with Crippen LogP contribution in [0.3, 0.4) is 0 Å². The van der Waals surface area contributed by atoms with Crippen LogP contribution in [0.25, 0.3) is 0 Å². The molecule has 1 aromatic carbocycles. The highest BCUT2D eigenvalue weighted by molar-refractivity contribution is 5.27. The van der Waals surface area contributed by atoms with Crippen molar-refractivity contribution in [3.63, 3.8) is 0 Å². The molecule has 0 spiro atoms. The zero-order valence-corrected chi connectivity index (χ0v) is 11.8. The molecule has 0 aliphatic carbocycles. The van der Waals surface area contributed by atoms with E-state index in [9.17, 15) is 8.78 Å². The Morgan fingerprint density at radius 2 is 1.90 bits per heavy atom. The molecule has 1 fully saturated rings. The number of piperidine rings is 1. The van der Waals surface area contributed by atoms with E-state index >= 15 is 0 Å². The van der Waals surface area contributed by atoms with Gasteiger partial charge in [0.05, 0.1) is 0 Å². The van der Waals surface area contributed by atoms with Gasteiger partial charge in [-0.05, 0) is 56.6 Å². The molecule has 0 aromatic heterocycles. The summed E-state index contributed by atoms with van der Waals surface area (Å²) in [5.74, 6) is 0.965. The highest BCUT2D eigenvalue weighted by atomic mass is 19.3. The lowest BCUT2D eigenvalue weighted by molar-refractivity contribution is -0.0498. The fourth-order valence-electron chi connectivity index (χ4n) is 2.66. The van der Waals surface area contributed by atoms with E-state index in [1.54, 1.807) is 12.1 Å². The van der Waals surface area contributed by atoms with Crippen LogP contribution in [0.4, 0.5) is 8.78 Å². The Labute approximate surface area is 118 Å². The van der Waals surface area contributed by atoms with Crippen molar-refractivity contribution in [2.45, 2.75) is 26.0 Å². The van der Waals surface area contributed by atoms with E-state index < -0.39 is 6.61 Å². The predicted molar refractivity (Wildman–Crippen MR) is 75.0 cm³/mol. The summed E-state index contributed by atoms with van der Waals surface area (Å²) in [6.07, 6.45) is 2.46. The predicted octanol–water partition coefficient (Wildman–Crippen LogP) is 2.72. The molecule has 1 saturated heterocycles. The molecule has 2 rings (SSSR count). The summed E-state index contributed by atoms with van der Waals surface area (Å²) in [7, 11) is 2.10. The summed E-state index contributed by atoms with van der Waals surface area (Å²) in [5, 5.41) is 3.37. The van der Waals surface area contributed by atoms with Crippen molar-refractivity contribution >= 4 is 0 Å². The molecular weight excluding hydrogens is 262 g/mol. The highest BCUT2D eigenvalue weighted by Gasteiger charge is 2.15. The first-order chi connectivity index (χ1) is 9.63. The van der Waals surface area contributed by atoms with Crippen molar-refractivity contribution in [1.29, 1.82) is 0 Å². The SMILES string of the molecule is CN(Cc1ccc(OC(F)F)cc1)CC1CCNCC1. The molecule has 0 amide bonds. The maximum absolute atomic E-state index is 12.1. The molecule has 1 heterocycles. The van der Waals surface area contributed by atoms with Crippen LogP contribution in [0.1, 0.15) is 18.4 Å². The fourth-order valence-corrected chi connectivity index (χ4v) is 2.66. The molecule has 20 heavy (non-hydrogen) atoms. The lowest BCUT2D eigenvalue weighted by Gasteiger charge is -2.27. The number of rotatable bonds is 6. The molecule has 1 aliphatic rings. The van der Waals surface area contributed by atoms with Gasteiger partial charge in [0, 0.05) is 13.1 Å². The monoisotopic (exact) mass is 284 g/mol. The minimum Gasteiger partial charge on any atom is -0.435 e. The number of benzene rings is 1. The first-order valence-electron chi connectivity index (χ1n) is 7.06. The standard InChI is InChI=1S/C15H22F2N2O/c1-19(11-13-6-8-18-9-7-13)10-12-2-4-14(5-3-12)20-15(16)17/h2-5,13,15,18H,6-11H2,1H3. The second kappa shape index (κ2) is 7.55. The van der Waals surface area contributed by atoms with E-state index in [0.29, 0.717) is 0 Å². The first-order valence-corrected chi connectivity index (χ1v) is 7.06. The second-order valence-electron chi connectivity index (χ2n) is 5.41. The fraction of sp³-hybridized carbons (Fsp3) is 0.600. The van der Waals surface area contributed by atoms with Gasteiger partial charge in [-0.25, -0.2) is 0 Å². The van der Waals surface area contributed by atoms with Crippen LogP contribution in [-0.4, -0.2) is 38.2 Å². The normalized spacial score (nSPS) is 16.9. The second-order valence-corrected chi connectivity index (χ2v) is 5.41. The van der Waals surface area contributed by atoms with E-state index in [2.05, 4.69) is 22.0 Å². The lowest BCUT2D eigenvalue weighted by Crippen LogP contribution is -2.34. The molecule has 3 nitrogen and oxygen atoms in total. The van der Waals surface area contributed by atoms with Crippen LogP contribution < -0.4 is 10.1 Å². The third kappa shape index (κ3) is 5.06. The molecule has 1 aliphatic heterocycles. The third-order valence-corrected chi connectivity index (χ3v) is 3.63. The molecule has 0 unspecified atom stereocenters. The Morgan fingerprint density at radius 1 is 1.25 bits per heavy atom. The van der Waals surface area contributed by atoms with Gasteiger partial charge in [0.2, 0.25) is 0 Å². The molecule has 1 aromatic rings. The van der Waals surface area contributed by atoms with Gasteiger partial charge in [-0.1, -0.05) is 12.1 Å². The Bertz CT molecular complexity index is 391. The lowest BCUT2D eigenvalue weighted by atomic mass is 9.97. The van der Waals surface area contributed by atoms with Crippen molar-refractivity contribution in [1.82, 2.24) is 10.2 Å². The Morgan fingerprint density at radius 3 is 2.50 bits per heavy atom. The largest absolute Gasteiger partial charge is 0.435 e. The molecule has 0 saturated carbocycles. The Kier molecular flexibility index (Phi) is 5.73. The smallest absolute Gasteiger partial charge is 0.387 e. The molecule has 1 N–H and O–H groups in total.